The summed E-state index contributed by atoms with van der Waals surface area (Å²) in [6, 6.07) is 18.6. The van der Waals surface area contributed by atoms with E-state index in [4.69, 9.17) is 4.84 Å². The quantitative estimate of drug-likeness (QED) is 0.945. The molecule has 0 radical (unpaired) electrons. The molecule has 0 fully saturated rings. The molecule has 110 valence electrons. The van der Waals surface area contributed by atoms with Crippen LogP contribution in [0.3, 0.4) is 0 Å². The van der Waals surface area contributed by atoms with E-state index in [1.165, 1.54) is 5.56 Å². The van der Waals surface area contributed by atoms with Crippen LogP contribution in [0.5, 0.6) is 0 Å². The molecule has 4 heteroatoms. The lowest BCUT2D eigenvalue weighted by molar-refractivity contribution is 0.0857. The van der Waals surface area contributed by atoms with Crippen LogP contribution in [-0.4, -0.2) is 24.6 Å². The molecule has 0 aromatic heterocycles. The van der Waals surface area contributed by atoms with Crippen molar-refractivity contribution in [2.45, 2.75) is 12.5 Å². The maximum Gasteiger partial charge on any atom is 0.158 e. The van der Waals surface area contributed by atoms with Crippen LogP contribution in [-0.2, 0) is 4.84 Å². The molecule has 1 unspecified atom stereocenters. The van der Waals surface area contributed by atoms with Gasteiger partial charge in [-0.3, -0.25) is 4.99 Å². The first-order valence-corrected chi connectivity index (χ1v) is 7.57. The maximum absolute atomic E-state index is 5.59. The molecule has 0 bridgehead atoms. The fourth-order valence-electron chi connectivity index (χ4n) is 2.81. The summed E-state index contributed by atoms with van der Waals surface area (Å²) in [7, 11) is 0. The molecule has 4 nitrogen and oxygen atoms in total. The molecule has 2 aromatic carbocycles. The predicted octanol–water partition coefficient (Wildman–Crippen LogP) is 2.90. The summed E-state index contributed by atoms with van der Waals surface area (Å²) < 4.78 is 0. The number of aliphatic imine (C=N–C) groups is 1. The van der Waals surface area contributed by atoms with E-state index in [1.54, 1.807) is 0 Å². The highest BCUT2D eigenvalue weighted by Gasteiger charge is 2.23. The summed E-state index contributed by atoms with van der Waals surface area (Å²) >= 11 is 0. The van der Waals surface area contributed by atoms with Crippen molar-refractivity contribution in [2.75, 3.05) is 13.1 Å². The van der Waals surface area contributed by atoms with Crippen molar-refractivity contribution < 1.29 is 4.84 Å². The Morgan fingerprint density at radius 3 is 2.45 bits per heavy atom. The Hall–Kier alpha value is -2.62. The molecule has 2 aromatic rings. The van der Waals surface area contributed by atoms with Crippen molar-refractivity contribution in [1.82, 2.24) is 5.32 Å². The van der Waals surface area contributed by atoms with Crippen molar-refractivity contribution in [3.05, 3.63) is 71.3 Å². The Balaban J connectivity index is 1.49. The first kappa shape index (κ1) is 13.1. The van der Waals surface area contributed by atoms with E-state index in [0.29, 0.717) is 0 Å². The van der Waals surface area contributed by atoms with Crippen LogP contribution >= 0.6 is 0 Å². The molecule has 1 atom stereocenters. The number of rotatable bonds is 3. The van der Waals surface area contributed by atoms with Crippen LogP contribution in [0.2, 0.25) is 0 Å². The molecule has 0 amide bonds. The van der Waals surface area contributed by atoms with Crippen LogP contribution in [0, 0.1) is 0 Å². The molecule has 1 N–H and O–H groups in total. The lowest BCUT2D eigenvalue weighted by atomic mass is 9.99. The van der Waals surface area contributed by atoms with E-state index >= 15 is 0 Å². The van der Waals surface area contributed by atoms with E-state index in [-0.39, 0.29) is 6.10 Å². The smallest absolute Gasteiger partial charge is 0.158 e. The second-order valence-corrected chi connectivity index (χ2v) is 5.48. The van der Waals surface area contributed by atoms with Crippen LogP contribution in [0.15, 0.2) is 64.7 Å². The van der Waals surface area contributed by atoms with Gasteiger partial charge in [0, 0.05) is 18.5 Å². The zero-order valence-electron chi connectivity index (χ0n) is 12.2. The molecule has 0 saturated carbocycles. The van der Waals surface area contributed by atoms with Gasteiger partial charge in [-0.25, -0.2) is 0 Å². The number of nitrogens with zero attached hydrogens (tertiary/aromatic N) is 2. The molecule has 2 aliphatic heterocycles. The van der Waals surface area contributed by atoms with Crippen molar-refractivity contribution in [3.8, 4) is 0 Å². The fraction of sp³-hybridized carbons (Fsp3) is 0.222. The number of nitrogens with one attached hydrogen (secondary N) is 1. The second kappa shape index (κ2) is 5.64. The molecule has 2 heterocycles. The van der Waals surface area contributed by atoms with Gasteiger partial charge in [0.05, 0.1) is 12.3 Å². The van der Waals surface area contributed by atoms with Gasteiger partial charge >= 0.3 is 0 Å². The molecular formula is C18H17N3O. The van der Waals surface area contributed by atoms with Gasteiger partial charge in [0.15, 0.2) is 6.10 Å². The molecule has 2 aliphatic rings. The number of hydrogen-bond acceptors (Lipinski definition) is 4. The third-order valence-corrected chi connectivity index (χ3v) is 4.01. The Morgan fingerprint density at radius 2 is 1.73 bits per heavy atom. The van der Waals surface area contributed by atoms with Gasteiger partial charge in [-0.2, -0.15) is 0 Å². The Morgan fingerprint density at radius 1 is 0.955 bits per heavy atom. The summed E-state index contributed by atoms with van der Waals surface area (Å²) in [6.45, 7) is 1.78. The van der Waals surface area contributed by atoms with Crippen LogP contribution in [0.25, 0.3) is 0 Å². The maximum atomic E-state index is 5.59. The van der Waals surface area contributed by atoms with E-state index < -0.39 is 0 Å². The van der Waals surface area contributed by atoms with E-state index in [9.17, 15) is 0 Å². The van der Waals surface area contributed by atoms with Crippen molar-refractivity contribution in [3.63, 3.8) is 0 Å². The molecule has 0 spiro atoms. The van der Waals surface area contributed by atoms with Gasteiger partial charge in [-0.05, 0) is 11.1 Å². The summed E-state index contributed by atoms with van der Waals surface area (Å²) in [5.41, 5.74) is 4.41. The minimum atomic E-state index is 0.0248. The van der Waals surface area contributed by atoms with Crippen molar-refractivity contribution >= 4 is 11.5 Å². The largest absolute Gasteiger partial charge is 0.387 e. The summed E-state index contributed by atoms with van der Waals surface area (Å²) in [6.07, 6.45) is 0.833. The van der Waals surface area contributed by atoms with E-state index in [2.05, 4.69) is 51.9 Å². The van der Waals surface area contributed by atoms with E-state index in [0.717, 1.165) is 42.2 Å². The summed E-state index contributed by atoms with van der Waals surface area (Å²) in [5.74, 6) is 0.985. The third kappa shape index (κ3) is 2.48. The second-order valence-electron chi connectivity index (χ2n) is 5.48. The standard InChI is InChI=1S/C18H17N3O/c1-2-4-14(5-3-1)17-12-16(21-22-17)13-6-8-15(9-7-13)18-19-10-11-20-18/h1-9,17H,10-12H2,(H,19,20). The minimum absolute atomic E-state index is 0.0248. The third-order valence-electron chi connectivity index (χ3n) is 4.01. The topological polar surface area (TPSA) is 46.0 Å². The average molecular weight is 291 g/mol. The highest BCUT2D eigenvalue weighted by Crippen LogP contribution is 2.29. The average Bonchev–Trinajstić information content (AvgIpc) is 3.28. The summed E-state index contributed by atoms with van der Waals surface area (Å²) in [4.78, 5) is 10.0. The van der Waals surface area contributed by atoms with Gasteiger partial charge in [0.25, 0.3) is 0 Å². The number of benzene rings is 2. The van der Waals surface area contributed by atoms with Gasteiger partial charge in [-0.15, -0.1) is 0 Å². The van der Waals surface area contributed by atoms with Gasteiger partial charge in [-0.1, -0.05) is 59.8 Å². The zero-order valence-corrected chi connectivity index (χ0v) is 12.2. The number of amidine groups is 1. The first-order valence-electron chi connectivity index (χ1n) is 7.57. The van der Waals surface area contributed by atoms with Crippen LogP contribution in [0.1, 0.15) is 29.2 Å². The Kier molecular flexibility index (Phi) is 3.35. The fourth-order valence-corrected chi connectivity index (χ4v) is 2.81. The Bertz CT molecular complexity index is 720. The van der Waals surface area contributed by atoms with Gasteiger partial charge < -0.3 is 10.2 Å². The van der Waals surface area contributed by atoms with Crippen LogP contribution < -0.4 is 5.32 Å². The molecule has 22 heavy (non-hydrogen) atoms. The van der Waals surface area contributed by atoms with Gasteiger partial charge in [0.2, 0.25) is 0 Å². The molecule has 0 saturated heterocycles. The monoisotopic (exact) mass is 291 g/mol. The lowest BCUT2D eigenvalue weighted by Gasteiger charge is -2.07. The SMILES string of the molecule is c1ccc(C2CC(c3ccc(C4=NCCN4)cc3)=NO2)cc1. The van der Waals surface area contributed by atoms with Gasteiger partial charge in [0.1, 0.15) is 5.84 Å². The predicted molar refractivity (Wildman–Crippen MR) is 87.3 cm³/mol. The first-order chi connectivity index (χ1) is 10.9. The minimum Gasteiger partial charge on any atom is -0.387 e. The number of oxime groups is 1. The zero-order chi connectivity index (χ0) is 14.8. The molecule has 4 rings (SSSR count). The van der Waals surface area contributed by atoms with E-state index in [1.807, 2.05) is 18.2 Å². The highest BCUT2D eigenvalue weighted by atomic mass is 16.6. The summed E-state index contributed by atoms with van der Waals surface area (Å²) in [5, 5.41) is 7.55. The highest BCUT2D eigenvalue weighted by molar-refractivity contribution is 6.03. The number of hydrogen-bond donors (Lipinski definition) is 1. The molecule has 0 aliphatic carbocycles. The molecular weight excluding hydrogens is 274 g/mol. The van der Waals surface area contributed by atoms with Crippen LogP contribution in [0.4, 0.5) is 0 Å². The van der Waals surface area contributed by atoms with Crippen molar-refractivity contribution in [1.29, 1.82) is 0 Å². The lowest BCUT2D eigenvalue weighted by Crippen LogP contribution is -2.19. The van der Waals surface area contributed by atoms with Crippen molar-refractivity contribution in [2.24, 2.45) is 10.1 Å². The normalized spacial score (nSPS) is 20.1. The Labute approximate surface area is 129 Å².